The lowest BCUT2D eigenvalue weighted by Crippen LogP contribution is -2.37. The summed E-state index contributed by atoms with van der Waals surface area (Å²) in [7, 11) is 0. The quantitative estimate of drug-likeness (QED) is 0.632. The molecule has 0 radical (unpaired) electrons. The van der Waals surface area contributed by atoms with Gasteiger partial charge < -0.3 is 10.4 Å². The van der Waals surface area contributed by atoms with Crippen molar-refractivity contribution in [1.82, 2.24) is 5.32 Å². The standard InChI is InChI=1S/C18H20F3NO2S/c19-18(20,21)16(23)22-10-2-5-14-3-1-4-15(13-14)6-7-17(24)8-11-25-12-9-17/h1,3-4,13,24H,2,5,8-12H2,(H,22,23). The van der Waals surface area contributed by atoms with E-state index in [4.69, 9.17) is 0 Å². The molecule has 1 fully saturated rings. The van der Waals surface area contributed by atoms with E-state index in [-0.39, 0.29) is 6.54 Å². The van der Waals surface area contributed by atoms with Crippen molar-refractivity contribution in [3.63, 3.8) is 0 Å². The molecule has 7 heteroatoms. The predicted molar refractivity (Wildman–Crippen MR) is 92.2 cm³/mol. The summed E-state index contributed by atoms with van der Waals surface area (Å²) in [5.74, 6) is 5.83. The van der Waals surface area contributed by atoms with Crippen LogP contribution in [0.2, 0.25) is 0 Å². The smallest absolute Gasteiger partial charge is 0.378 e. The van der Waals surface area contributed by atoms with Crippen LogP contribution in [0.15, 0.2) is 24.3 Å². The Balaban J connectivity index is 1.86. The lowest BCUT2D eigenvalue weighted by atomic mass is 9.97. The Hall–Kier alpha value is -1.65. The van der Waals surface area contributed by atoms with Crippen LogP contribution in [-0.4, -0.2) is 40.8 Å². The number of rotatable bonds is 4. The molecule has 1 saturated heterocycles. The number of nitrogens with one attached hydrogen (secondary N) is 1. The Morgan fingerprint density at radius 1 is 1.32 bits per heavy atom. The SMILES string of the molecule is O=C(NCCCc1cccc(C#CC2(O)CCSCC2)c1)C(F)(F)F. The van der Waals surface area contributed by atoms with Gasteiger partial charge >= 0.3 is 12.1 Å². The van der Waals surface area contributed by atoms with Gasteiger partial charge in [-0.25, -0.2) is 0 Å². The first-order valence-corrected chi connectivity index (χ1v) is 9.21. The van der Waals surface area contributed by atoms with E-state index in [1.807, 2.05) is 41.3 Å². The molecular weight excluding hydrogens is 351 g/mol. The summed E-state index contributed by atoms with van der Waals surface area (Å²) in [6, 6.07) is 7.39. The number of hydrogen-bond acceptors (Lipinski definition) is 3. The molecule has 0 atom stereocenters. The fourth-order valence-corrected chi connectivity index (χ4v) is 3.59. The lowest BCUT2D eigenvalue weighted by molar-refractivity contribution is -0.173. The molecule has 0 bridgehead atoms. The maximum atomic E-state index is 12.1. The average Bonchev–Trinajstić information content (AvgIpc) is 2.57. The van der Waals surface area contributed by atoms with Crippen molar-refractivity contribution in [1.29, 1.82) is 0 Å². The third kappa shape index (κ3) is 6.63. The molecule has 0 spiro atoms. The van der Waals surface area contributed by atoms with Crippen LogP contribution in [0.25, 0.3) is 0 Å². The van der Waals surface area contributed by atoms with Crippen LogP contribution in [-0.2, 0) is 11.2 Å². The highest BCUT2D eigenvalue weighted by atomic mass is 32.2. The van der Waals surface area contributed by atoms with Crippen molar-refractivity contribution in [3.8, 4) is 11.8 Å². The van der Waals surface area contributed by atoms with Crippen molar-refractivity contribution >= 4 is 17.7 Å². The van der Waals surface area contributed by atoms with Crippen molar-refractivity contribution < 1.29 is 23.1 Å². The number of aliphatic hydroxyl groups is 1. The predicted octanol–water partition coefficient (Wildman–Crippen LogP) is 2.91. The highest BCUT2D eigenvalue weighted by Gasteiger charge is 2.38. The number of aryl methyl sites for hydroxylation is 1. The summed E-state index contributed by atoms with van der Waals surface area (Å²) in [6.45, 7) is -0.0360. The molecule has 1 aromatic carbocycles. The van der Waals surface area contributed by atoms with Crippen molar-refractivity contribution in [2.75, 3.05) is 18.1 Å². The zero-order valence-corrected chi connectivity index (χ0v) is 14.5. The molecule has 1 aliphatic rings. The first-order chi connectivity index (χ1) is 11.8. The van der Waals surface area contributed by atoms with Crippen LogP contribution in [0.3, 0.4) is 0 Å². The van der Waals surface area contributed by atoms with Gasteiger partial charge in [-0.1, -0.05) is 24.0 Å². The normalized spacial score (nSPS) is 16.6. The van der Waals surface area contributed by atoms with Gasteiger partial charge in [-0.15, -0.1) is 0 Å². The summed E-state index contributed by atoms with van der Waals surface area (Å²) >= 11 is 1.81. The van der Waals surface area contributed by atoms with E-state index in [2.05, 4.69) is 11.8 Å². The number of amides is 1. The minimum absolute atomic E-state index is 0.0360. The summed E-state index contributed by atoms with van der Waals surface area (Å²) < 4.78 is 36.2. The molecule has 136 valence electrons. The van der Waals surface area contributed by atoms with Gasteiger partial charge in [-0.2, -0.15) is 24.9 Å². The molecule has 3 nitrogen and oxygen atoms in total. The van der Waals surface area contributed by atoms with E-state index in [9.17, 15) is 23.1 Å². The highest BCUT2D eigenvalue weighted by molar-refractivity contribution is 7.99. The van der Waals surface area contributed by atoms with Gasteiger partial charge in [0.05, 0.1) is 0 Å². The number of thioether (sulfide) groups is 1. The van der Waals surface area contributed by atoms with Crippen LogP contribution in [0.1, 0.15) is 30.4 Å². The maximum absolute atomic E-state index is 12.1. The van der Waals surface area contributed by atoms with Gasteiger partial charge in [0.25, 0.3) is 0 Å². The number of benzene rings is 1. The fraction of sp³-hybridized carbons (Fsp3) is 0.500. The molecule has 2 rings (SSSR count). The molecule has 2 N–H and O–H groups in total. The van der Waals surface area contributed by atoms with E-state index in [0.717, 1.165) is 22.6 Å². The lowest BCUT2D eigenvalue weighted by Gasteiger charge is -2.26. The Morgan fingerprint density at radius 2 is 2.04 bits per heavy atom. The Morgan fingerprint density at radius 3 is 2.72 bits per heavy atom. The molecule has 0 aliphatic carbocycles. The Bertz CT molecular complexity index is 658. The summed E-state index contributed by atoms with van der Waals surface area (Å²) in [4.78, 5) is 10.7. The minimum Gasteiger partial charge on any atom is -0.378 e. The summed E-state index contributed by atoms with van der Waals surface area (Å²) in [6.07, 6.45) is -2.59. The zero-order valence-electron chi connectivity index (χ0n) is 13.7. The van der Waals surface area contributed by atoms with Gasteiger partial charge in [-0.05, 0) is 54.9 Å². The van der Waals surface area contributed by atoms with Gasteiger partial charge in [0.15, 0.2) is 0 Å². The van der Waals surface area contributed by atoms with Crippen LogP contribution in [0.5, 0.6) is 0 Å². The molecule has 1 aliphatic heterocycles. The van der Waals surface area contributed by atoms with Crippen LogP contribution in [0, 0.1) is 11.8 Å². The van der Waals surface area contributed by atoms with E-state index in [1.165, 1.54) is 0 Å². The maximum Gasteiger partial charge on any atom is 0.471 e. The fourth-order valence-electron chi connectivity index (χ4n) is 2.42. The first kappa shape index (κ1) is 19.7. The number of carbonyl (C=O) groups excluding carboxylic acids is 1. The number of alkyl halides is 3. The summed E-state index contributed by atoms with van der Waals surface area (Å²) in [5.41, 5.74) is 0.770. The van der Waals surface area contributed by atoms with E-state index in [0.29, 0.717) is 25.7 Å². The number of halogens is 3. The molecule has 0 saturated carbocycles. The highest BCUT2D eigenvalue weighted by Crippen LogP contribution is 2.26. The largest absolute Gasteiger partial charge is 0.471 e. The van der Waals surface area contributed by atoms with E-state index < -0.39 is 17.7 Å². The molecule has 1 aromatic rings. The van der Waals surface area contributed by atoms with Crippen LogP contribution in [0.4, 0.5) is 13.2 Å². The topological polar surface area (TPSA) is 49.3 Å². The molecule has 1 amide bonds. The van der Waals surface area contributed by atoms with Crippen LogP contribution < -0.4 is 5.32 Å². The van der Waals surface area contributed by atoms with E-state index >= 15 is 0 Å². The molecule has 0 unspecified atom stereocenters. The average molecular weight is 371 g/mol. The van der Waals surface area contributed by atoms with E-state index in [1.54, 1.807) is 0 Å². The third-order valence-electron chi connectivity index (χ3n) is 3.87. The number of hydrogen-bond donors (Lipinski definition) is 2. The van der Waals surface area contributed by atoms with Gasteiger partial charge in [0.2, 0.25) is 0 Å². The second kappa shape index (κ2) is 8.63. The van der Waals surface area contributed by atoms with Gasteiger partial charge in [-0.3, -0.25) is 4.79 Å². The monoisotopic (exact) mass is 371 g/mol. The molecule has 25 heavy (non-hydrogen) atoms. The first-order valence-electron chi connectivity index (χ1n) is 8.06. The third-order valence-corrected chi connectivity index (χ3v) is 4.86. The number of carbonyl (C=O) groups is 1. The second-order valence-electron chi connectivity index (χ2n) is 5.95. The van der Waals surface area contributed by atoms with Gasteiger partial charge in [0, 0.05) is 12.1 Å². The van der Waals surface area contributed by atoms with Crippen LogP contribution >= 0.6 is 11.8 Å². The molecular formula is C18H20F3NO2S. The zero-order chi connectivity index (χ0) is 18.3. The van der Waals surface area contributed by atoms with Crippen molar-refractivity contribution in [2.45, 2.75) is 37.5 Å². The molecule has 0 aromatic heterocycles. The Labute approximate surface area is 149 Å². The molecule has 1 heterocycles. The summed E-state index contributed by atoms with van der Waals surface area (Å²) in [5, 5.41) is 12.2. The van der Waals surface area contributed by atoms with Gasteiger partial charge in [0.1, 0.15) is 5.60 Å². The Kier molecular flexibility index (Phi) is 6.79. The van der Waals surface area contributed by atoms with Crippen molar-refractivity contribution in [3.05, 3.63) is 35.4 Å². The second-order valence-corrected chi connectivity index (χ2v) is 7.18. The minimum atomic E-state index is -4.84. The van der Waals surface area contributed by atoms with Crippen molar-refractivity contribution in [2.24, 2.45) is 0 Å².